The van der Waals surface area contributed by atoms with Crippen molar-refractivity contribution in [2.24, 2.45) is 0 Å². The number of rotatable bonds is 9. The summed E-state index contributed by atoms with van der Waals surface area (Å²) in [5.74, 6) is 0.964. The maximum absolute atomic E-state index is 13.0. The van der Waals surface area contributed by atoms with Gasteiger partial charge in [0.25, 0.3) is 0 Å². The first-order chi connectivity index (χ1) is 14.2. The van der Waals surface area contributed by atoms with E-state index < -0.39 is 0 Å². The van der Waals surface area contributed by atoms with E-state index in [-0.39, 0.29) is 17.2 Å². The van der Waals surface area contributed by atoms with Crippen molar-refractivity contribution in [1.82, 2.24) is 20.1 Å². The fourth-order valence-corrected chi connectivity index (χ4v) is 5.02. The van der Waals surface area contributed by atoms with Gasteiger partial charge in [-0.05, 0) is 43.2 Å². The van der Waals surface area contributed by atoms with Gasteiger partial charge in [0.15, 0.2) is 11.0 Å². The highest BCUT2D eigenvalue weighted by Gasteiger charge is 2.32. The summed E-state index contributed by atoms with van der Waals surface area (Å²) < 4.78 is 2.22. The predicted octanol–water partition coefficient (Wildman–Crippen LogP) is 5.48. The molecule has 1 saturated carbocycles. The third-order valence-electron chi connectivity index (χ3n) is 5.07. The highest BCUT2D eigenvalue weighted by molar-refractivity contribution is 8.00. The lowest BCUT2D eigenvalue weighted by Gasteiger charge is -2.21. The summed E-state index contributed by atoms with van der Waals surface area (Å²) in [6.07, 6.45) is 4.24. The lowest BCUT2D eigenvalue weighted by Crippen LogP contribution is -2.34. The van der Waals surface area contributed by atoms with Crippen LogP contribution in [0.3, 0.4) is 0 Å². The van der Waals surface area contributed by atoms with Crippen molar-refractivity contribution in [1.29, 1.82) is 0 Å². The third-order valence-corrected chi connectivity index (χ3v) is 6.99. The minimum absolute atomic E-state index is 0.0414. The van der Waals surface area contributed by atoms with E-state index in [4.69, 9.17) is 0 Å². The van der Waals surface area contributed by atoms with E-state index in [0.29, 0.717) is 6.04 Å². The van der Waals surface area contributed by atoms with Crippen molar-refractivity contribution in [3.05, 3.63) is 53.4 Å². The number of thioether (sulfide) groups is 1. The molecule has 152 valence electrons. The van der Waals surface area contributed by atoms with Crippen molar-refractivity contribution in [2.75, 3.05) is 0 Å². The number of hydrogen-bond donors (Lipinski definition) is 1. The minimum Gasteiger partial charge on any atom is -0.348 e. The van der Waals surface area contributed by atoms with Gasteiger partial charge in [-0.15, -0.1) is 21.5 Å². The molecule has 0 aliphatic heterocycles. The second-order valence-corrected chi connectivity index (χ2v) is 9.66. The Hall–Kier alpha value is -2.12. The molecule has 0 unspecified atom stereocenters. The maximum Gasteiger partial charge on any atom is 0.233 e. The molecule has 5 nitrogen and oxygen atoms in total. The van der Waals surface area contributed by atoms with E-state index in [1.54, 1.807) is 11.3 Å². The molecule has 1 N–H and O–H groups in total. The number of carbonyl (C=O) groups excluding carboxylic acids is 1. The zero-order chi connectivity index (χ0) is 20.2. The Morgan fingerprint density at radius 3 is 2.69 bits per heavy atom. The highest BCUT2D eigenvalue weighted by Crippen LogP contribution is 2.42. The Morgan fingerprint density at radius 2 is 2.03 bits per heavy atom. The zero-order valence-electron chi connectivity index (χ0n) is 16.7. The molecule has 0 spiro atoms. The van der Waals surface area contributed by atoms with E-state index in [2.05, 4.69) is 50.6 Å². The molecule has 1 fully saturated rings. The smallest absolute Gasteiger partial charge is 0.233 e. The molecule has 1 aliphatic rings. The zero-order valence-corrected chi connectivity index (χ0v) is 18.4. The summed E-state index contributed by atoms with van der Waals surface area (Å²) in [7, 11) is 0. The van der Waals surface area contributed by atoms with Crippen LogP contribution < -0.4 is 5.32 Å². The molecule has 0 bridgehead atoms. The van der Waals surface area contributed by atoms with Gasteiger partial charge in [0.05, 0.1) is 16.2 Å². The number of benzene rings is 1. The molecule has 2 atom stereocenters. The monoisotopic (exact) mass is 426 g/mol. The SMILES string of the molecule is CCC[C@@H](NC(=O)[C@@H](C)Sc1nnc(-c2cccs2)n1C1CC1)c1ccccc1. The van der Waals surface area contributed by atoms with Crippen LogP contribution in [0.5, 0.6) is 0 Å². The Morgan fingerprint density at radius 1 is 1.24 bits per heavy atom. The molecule has 1 aromatic carbocycles. The molecule has 1 amide bonds. The number of nitrogens with one attached hydrogen (secondary N) is 1. The van der Waals surface area contributed by atoms with Crippen LogP contribution in [-0.2, 0) is 4.79 Å². The summed E-state index contributed by atoms with van der Waals surface area (Å²) in [5.41, 5.74) is 1.15. The molecule has 4 rings (SSSR count). The van der Waals surface area contributed by atoms with E-state index >= 15 is 0 Å². The van der Waals surface area contributed by atoms with Crippen LogP contribution in [0.4, 0.5) is 0 Å². The van der Waals surface area contributed by atoms with Crippen LogP contribution in [0, 0.1) is 0 Å². The van der Waals surface area contributed by atoms with Crippen LogP contribution in [0.2, 0.25) is 0 Å². The summed E-state index contributed by atoms with van der Waals surface area (Å²) >= 11 is 3.18. The van der Waals surface area contributed by atoms with Crippen molar-refractivity contribution in [3.8, 4) is 10.7 Å². The normalized spacial score (nSPS) is 15.8. The van der Waals surface area contributed by atoms with Gasteiger partial charge < -0.3 is 5.32 Å². The molecule has 1 aliphatic carbocycles. The van der Waals surface area contributed by atoms with Crippen molar-refractivity contribution in [3.63, 3.8) is 0 Å². The number of aromatic nitrogens is 3. The molecule has 3 aromatic rings. The van der Waals surface area contributed by atoms with E-state index in [0.717, 1.165) is 47.1 Å². The number of nitrogens with zero attached hydrogens (tertiary/aromatic N) is 3. The predicted molar refractivity (Wildman–Crippen MR) is 119 cm³/mol. The highest BCUT2D eigenvalue weighted by atomic mass is 32.2. The number of carbonyl (C=O) groups is 1. The van der Waals surface area contributed by atoms with Gasteiger partial charge >= 0.3 is 0 Å². The second-order valence-electron chi connectivity index (χ2n) is 7.41. The van der Waals surface area contributed by atoms with Crippen molar-refractivity contribution < 1.29 is 4.79 Å². The lowest BCUT2D eigenvalue weighted by atomic mass is 10.0. The van der Waals surface area contributed by atoms with Gasteiger partial charge in [-0.25, -0.2) is 0 Å². The van der Waals surface area contributed by atoms with Gasteiger partial charge in [-0.1, -0.05) is 61.5 Å². The number of amides is 1. The lowest BCUT2D eigenvalue weighted by molar-refractivity contribution is -0.121. The number of thiophene rings is 1. The van der Waals surface area contributed by atoms with Crippen LogP contribution in [0.25, 0.3) is 10.7 Å². The van der Waals surface area contributed by atoms with Gasteiger partial charge in [0.1, 0.15) is 0 Å². The first kappa shape index (κ1) is 20.2. The molecular formula is C22H26N4OS2. The first-order valence-electron chi connectivity index (χ1n) is 10.2. The number of hydrogen-bond acceptors (Lipinski definition) is 5. The van der Waals surface area contributed by atoms with E-state index in [1.165, 1.54) is 11.8 Å². The summed E-state index contributed by atoms with van der Waals surface area (Å²) in [6.45, 7) is 4.09. The van der Waals surface area contributed by atoms with E-state index in [9.17, 15) is 4.79 Å². The average molecular weight is 427 g/mol. The van der Waals surface area contributed by atoms with E-state index in [1.807, 2.05) is 31.2 Å². The molecule has 2 heterocycles. The fraction of sp³-hybridized carbons (Fsp3) is 0.409. The molecule has 29 heavy (non-hydrogen) atoms. The summed E-state index contributed by atoms with van der Waals surface area (Å²) in [4.78, 5) is 14.1. The Kier molecular flexibility index (Phi) is 6.35. The third kappa shape index (κ3) is 4.73. The Bertz CT molecular complexity index is 935. The van der Waals surface area contributed by atoms with Crippen molar-refractivity contribution >= 4 is 29.0 Å². The molecule has 0 saturated heterocycles. The average Bonchev–Trinajstić information content (AvgIpc) is 3.25. The van der Waals surface area contributed by atoms with Crippen molar-refractivity contribution in [2.45, 2.75) is 62.0 Å². The van der Waals surface area contributed by atoms with Gasteiger partial charge in [0.2, 0.25) is 5.91 Å². The van der Waals surface area contributed by atoms with Crippen LogP contribution in [-0.4, -0.2) is 25.9 Å². The second kappa shape index (κ2) is 9.13. The fourth-order valence-electron chi connectivity index (χ4n) is 3.39. The summed E-state index contributed by atoms with van der Waals surface area (Å²) in [6, 6.07) is 14.8. The van der Waals surface area contributed by atoms with Crippen LogP contribution in [0.1, 0.15) is 57.2 Å². The van der Waals surface area contributed by atoms with Gasteiger partial charge in [0, 0.05) is 6.04 Å². The molecule has 0 radical (unpaired) electrons. The minimum atomic E-state index is -0.240. The topological polar surface area (TPSA) is 59.8 Å². The first-order valence-corrected chi connectivity index (χ1v) is 11.9. The molecule has 2 aromatic heterocycles. The largest absolute Gasteiger partial charge is 0.348 e. The molecular weight excluding hydrogens is 400 g/mol. The quantitative estimate of drug-likeness (QED) is 0.460. The van der Waals surface area contributed by atoms with Gasteiger partial charge in [-0.3, -0.25) is 9.36 Å². The molecule has 7 heteroatoms. The van der Waals surface area contributed by atoms with Gasteiger partial charge in [-0.2, -0.15) is 0 Å². The Balaban J connectivity index is 1.47. The standard InChI is InChI=1S/C22H26N4OS2/c1-3-8-18(16-9-5-4-6-10-16)23-21(27)15(2)29-22-25-24-20(19-11-7-14-28-19)26(22)17-12-13-17/h4-7,9-11,14-15,17-18H,3,8,12-13H2,1-2H3,(H,23,27)/t15-,18-/m1/s1. The maximum atomic E-state index is 13.0. The summed E-state index contributed by atoms with van der Waals surface area (Å²) in [5, 5.41) is 14.8. The van der Waals surface area contributed by atoms with Crippen LogP contribution in [0.15, 0.2) is 53.0 Å². The van der Waals surface area contributed by atoms with Crippen LogP contribution >= 0.6 is 23.1 Å². The Labute approximate surface area is 179 Å².